The van der Waals surface area contributed by atoms with Gasteiger partial charge in [0.25, 0.3) is 0 Å². The van der Waals surface area contributed by atoms with Crippen LogP contribution < -0.4 is 4.74 Å². The van der Waals surface area contributed by atoms with Crippen molar-refractivity contribution in [3.8, 4) is 5.75 Å². The highest BCUT2D eigenvalue weighted by Gasteiger charge is 2.41. The number of hydrogen-bond acceptors (Lipinski definition) is 3. The molecule has 1 aliphatic rings. The van der Waals surface area contributed by atoms with Crippen LogP contribution in [0.4, 0.5) is 0 Å². The van der Waals surface area contributed by atoms with Crippen LogP contribution in [0.1, 0.15) is 36.5 Å². The molecule has 0 aromatic heterocycles. The van der Waals surface area contributed by atoms with Crippen molar-refractivity contribution in [2.24, 2.45) is 5.92 Å². The molecule has 0 bridgehead atoms. The Kier molecular flexibility index (Phi) is 3.76. The van der Waals surface area contributed by atoms with Crippen LogP contribution in [-0.4, -0.2) is 11.1 Å². The SMILES string of the molecule is CCC(c1ccccc1)C1C(=O)Oc2ccccc2C1O. The van der Waals surface area contributed by atoms with Crippen LogP contribution in [0.2, 0.25) is 0 Å². The lowest BCUT2D eigenvalue weighted by molar-refractivity contribution is -0.147. The number of aliphatic hydroxyl groups is 1. The van der Waals surface area contributed by atoms with E-state index < -0.39 is 12.0 Å². The van der Waals surface area contributed by atoms with Gasteiger partial charge in [-0.25, -0.2) is 0 Å². The molecule has 2 aromatic rings. The van der Waals surface area contributed by atoms with Crippen LogP contribution in [-0.2, 0) is 4.79 Å². The summed E-state index contributed by atoms with van der Waals surface area (Å²) >= 11 is 0. The van der Waals surface area contributed by atoms with E-state index in [9.17, 15) is 9.90 Å². The fourth-order valence-corrected chi connectivity index (χ4v) is 3.10. The fraction of sp³-hybridized carbons (Fsp3) is 0.278. The molecule has 1 heterocycles. The van der Waals surface area contributed by atoms with Gasteiger partial charge in [-0.05, 0) is 24.0 Å². The lowest BCUT2D eigenvalue weighted by atomic mass is 9.77. The summed E-state index contributed by atoms with van der Waals surface area (Å²) in [5.74, 6) is -0.500. The van der Waals surface area contributed by atoms with Crippen LogP contribution in [0.3, 0.4) is 0 Å². The van der Waals surface area contributed by atoms with Gasteiger partial charge >= 0.3 is 5.97 Å². The van der Waals surface area contributed by atoms with Gasteiger partial charge < -0.3 is 9.84 Å². The van der Waals surface area contributed by atoms with Crippen LogP contribution >= 0.6 is 0 Å². The van der Waals surface area contributed by atoms with E-state index in [0.717, 1.165) is 12.0 Å². The summed E-state index contributed by atoms with van der Waals surface area (Å²) in [5, 5.41) is 10.7. The maximum absolute atomic E-state index is 12.4. The molecule has 1 N–H and O–H groups in total. The zero-order valence-corrected chi connectivity index (χ0v) is 11.9. The molecule has 0 saturated heterocycles. The first-order chi connectivity index (χ1) is 10.2. The van der Waals surface area contributed by atoms with Crippen molar-refractivity contribution in [1.82, 2.24) is 0 Å². The number of rotatable bonds is 3. The Hall–Kier alpha value is -2.13. The van der Waals surface area contributed by atoms with Crippen LogP contribution in [0.25, 0.3) is 0 Å². The minimum Gasteiger partial charge on any atom is -0.426 e. The van der Waals surface area contributed by atoms with Gasteiger partial charge in [0.15, 0.2) is 0 Å². The fourth-order valence-electron chi connectivity index (χ4n) is 3.10. The molecule has 108 valence electrons. The van der Waals surface area contributed by atoms with Crippen molar-refractivity contribution in [3.63, 3.8) is 0 Å². The molecule has 0 spiro atoms. The van der Waals surface area contributed by atoms with Crippen molar-refractivity contribution < 1.29 is 14.6 Å². The van der Waals surface area contributed by atoms with E-state index in [2.05, 4.69) is 0 Å². The second-order valence-corrected chi connectivity index (χ2v) is 5.35. The van der Waals surface area contributed by atoms with Gasteiger partial charge in [0.1, 0.15) is 5.75 Å². The van der Waals surface area contributed by atoms with E-state index in [-0.39, 0.29) is 11.9 Å². The second kappa shape index (κ2) is 5.70. The topological polar surface area (TPSA) is 46.5 Å². The predicted molar refractivity (Wildman–Crippen MR) is 80.0 cm³/mol. The van der Waals surface area contributed by atoms with Crippen molar-refractivity contribution in [3.05, 3.63) is 65.7 Å². The van der Waals surface area contributed by atoms with E-state index in [4.69, 9.17) is 4.74 Å². The third-order valence-corrected chi connectivity index (χ3v) is 4.16. The first kappa shape index (κ1) is 13.8. The Bertz CT molecular complexity index is 636. The maximum atomic E-state index is 12.4. The maximum Gasteiger partial charge on any atom is 0.317 e. The van der Waals surface area contributed by atoms with E-state index >= 15 is 0 Å². The van der Waals surface area contributed by atoms with Gasteiger partial charge in [0.05, 0.1) is 12.0 Å². The number of hydrogen-bond donors (Lipinski definition) is 1. The van der Waals surface area contributed by atoms with E-state index in [0.29, 0.717) is 11.3 Å². The Labute approximate surface area is 124 Å². The molecule has 3 nitrogen and oxygen atoms in total. The Morgan fingerprint density at radius 3 is 2.48 bits per heavy atom. The van der Waals surface area contributed by atoms with E-state index in [1.165, 1.54) is 0 Å². The van der Waals surface area contributed by atoms with Crippen LogP contribution in [0, 0.1) is 5.92 Å². The lowest BCUT2D eigenvalue weighted by Gasteiger charge is -2.33. The molecule has 3 unspecified atom stereocenters. The largest absolute Gasteiger partial charge is 0.426 e. The average molecular weight is 282 g/mol. The molecule has 0 amide bonds. The molecular formula is C18H18O3. The summed E-state index contributed by atoms with van der Waals surface area (Å²) in [6.45, 7) is 2.03. The highest BCUT2D eigenvalue weighted by molar-refractivity contribution is 5.80. The number of fused-ring (bicyclic) bond motifs is 1. The molecular weight excluding hydrogens is 264 g/mol. The summed E-state index contributed by atoms with van der Waals surface area (Å²) in [6, 6.07) is 17.0. The molecule has 0 radical (unpaired) electrons. The van der Waals surface area contributed by atoms with Gasteiger partial charge in [-0.2, -0.15) is 0 Å². The van der Waals surface area contributed by atoms with Gasteiger partial charge in [0, 0.05) is 5.56 Å². The highest BCUT2D eigenvalue weighted by atomic mass is 16.5. The number of aliphatic hydroxyl groups excluding tert-OH is 1. The molecule has 0 aliphatic carbocycles. The van der Waals surface area contributed by atoms with Crippen molar-refractivity contribution in [2.45, 2.75) is 25.4 Å². The standard InChI is InChI=1S/C18H18O3/c1-2-13(12-8-4-3-5-9-12)16-17(19)14-10-6-7-11-15(14)21-18(16)20/h3-11,13,16-17,19H,2H2,1H3. The minimum absolute atomic E-state index is 0.0537. The third kappa shape index (κ3) is 2.45. The molecule has 0 saturated carbocycles. The normalized spacial score (nSPS) is 22.3. The summed E-state index contributed by atoms with van der Waals surface area (Å²) in [6.07, 6.45) is -0.0594. The van der Waals surface area contributed by atoms with Crippen molar-refractivity contribution >= 4 is 5.97 Å². The number of ether oxygens (including phenoxy) is 1. The van der Waals surface area contributed by atoms with Crippen molar-refractivity contribution in [1.29, 1.82) is 0 Å². The quantitative estimate of drug-likeness (QED) is 0.693. The summed E-state index contributed by atoms with van der Waals surface area (Å²) in [5.41, 5.74) is 1.75. The molecule has 21 heavy (non-hydrogen) atoms. The number of benzene rings is 2. The number of carbonyl (C=O) groups is 1. The molecule has 2 aromatic carbocycles. The number of para-hydroxylation sites is 1. The van der Waals surface area contributed by atoms with Gasteiger partial charge in [-0.15, -0.1) is 0 Å². The van der Waals surface area contributed by atoms with Gasteiger partial charge in [0.2, 0.25) is 0 Å². The van der Waals surface area contributed by atoms with Crippen LogP contribution in [0.15, 0.2) is 54.6 Å². The monoisotopic (exact) mass is 282 g/mol. The molecule has 3 rings (SSSR count). The highest BCUT2D eigenvalue weighted by Crippen LogP contribution is 2.43. The lowest BCUT2D eigenvalue weighted by Crippen LogP contribution is -2.35. The Morgan fingerprint density at radius 1 is 1.10 bits per heavy atom. The summed E-state index contributed by atoms with van der Waals surface area (Å²) < 4.78 is 5.42. The average Bonchev–Trinajstić information content (AvgIpc) is 2.52. The Morgan fingerprint density at radius 2 is 1.76 bits per heavy atom. The first-order valence-electron chi connectivity index (χ1n) is 7.26. The zero-order chi connectivity index (χ0) is 14.8. The second-order valence-electron chi connectivity index (χ2n) is 5.35. The third-order valence-electron chi connectivity index (χ3n) is 4.16. The summed E-state index contributed by atoms with van der Waals surface area (Å²) in [4.78, 5) is 12.4. The van der Waals surface area contributed by atoms with Gasteiger partial charge in [-0.1, -0.05) is 55.5 Å². The van der Waals surface area contributed by atoms with E-state index in [1.807, 2.05) is 49.4 Å². The van der Waals surface area contributed by atoms with E-state index in [1.54, 1.807) is 12.1 Å². The molecule has 1 aliphatic heterocycles. The first-order valence-corrected chi connectivity index (χ1v) is 7.26. The number of carbonyl (C=O) groups excluding carboxylic acids is 1. The molecule has 3 heteroatoms. The van der Waals surface area contributed by atoms with Crippen molar-refractivity contribution in [2.75, 3.05) is 0 Å². The Balaban J connectivity index is 2.00. The molecule has 3 atom stereocenters. The smallest absolute Gasteiger partial charge is 0.317 e. The number of esters is 1. The van der Waals surface area contributed by atoms with Gasteiger partial charge in [-0.3, -0.25) is 4.79 Å². The molecule has 0 fully saturated rings. The zero-order valence-electron chi connectivity index (χ0n) is 11.9. The summed E-state index contributed by atoms with van der Waals surface area (Å²) in [7, 11) is 0. The predicted octanol–water partition coefficient (Wildman–Crippen LogP) is 3.45. The van der Waals surface area contributed by atoms with Crippen LogP contribution in [0.5, 0.6) is 5.75 Å². The minimum atomic E-state index is -0.826.